The van der Waals surface area contributed by atoms with Crippen LogP contribution in [0.4, 0.5) is 13.2 Å². The van der Waals surface area contributed by atoms with E-state index in [1.807, 2.05) is 0 Å². The minimum Gasteiger partial charge on any atom is -0.496 e. The molecule has 0 spiro atoms. The molecule has 0 aliphatic heterocycles. The number of benzene rings is 1. The third-order valence-electron chi connectivity index (χ3n) is 2.06. The quantitative estimate of drug-likeness (QED) is 0.830. The first-order valence-electron chi connectivity index (χ1n) is 4.25. The van der Waals surface area contributed by atoms with E-state index in [-0.39, 0.29) is 5.56 Å². The van der Waals surface area contributed by atoms with Crippen molar-refractivity contribution in [2.45, 2.75) is 19.2 Å². The predicted octanol–water partition coefficient (Wildman–Crippen LogP) is 2.60. The molecule has 1 aromatic rings. The number of rotatable bonds is 2. The minimum atomic E-state index is -4.65. The van der Waals surface area contributed by atoms with Crippen LogP contribution >= 0.6 is 0 Å². The van der Waals surface area contributed by atoms with Gasteiger partial charge in [-0.05, 0) is 24.1 Å². The highest BCUT2D eigenvalue weighted by Gasteiger charge is 2.39. The number of aliphatic hydroxyl groups excluding tert-OH is 1. The lowest BCUT2D eigenvalue weighted by atomic mass is 10.1. The Morgan fingerprint density at radius 3 is 2.40 bits per heavy atom. The topological polar surface area (TPSA) is 29.5 Å². The van der Waals surface area contributed by atoms with E-state index < -0.39 is 12.3 Å². The molecule has 2 nitrogen and oxygen atoms in total. The molecule has 0 heterocycles. The van der Waals surface area contributed by atoms with E-state index in [0.29, 0.717) is 5.75 Å². The molecule has 84 valence electrons. The summed E-state index contributed by atoms with van der Waals surface area (Å²) in [5.41, 5.74) is 0.501. The maximum absolute atomic E-state index is 12.2. The van der Waals surface area contributed by atoms with Gasteiger partial charge in [0.05, 0.1) is 7.11 Å². The Morgan fingerprint density at radius 2 is 1.93 bits per heavy atom. The lowest BCUT2D eigenvalue weighted by molar-refractivity contribution is -0.206. The molecule has 1 rings (SSSR count). The molecule has 0 saturated carbocycles. The fourth-order valence-corrected chi connectivity index (χ4v) is 1.20. The van der Waals surface area contributed by atoms with Crippen LogP contribution < -0.4 is 4.74 Å². The molecule has 0 bridgehead atoms. The average Bonchev–Trinajstić information content (AvgIpc) is 2.16. The van der Waals surface area contributed by atoms with Gasteiger partial charge < -0.3 is 9.84 Å². The fourth-order valence-electron chi connectivity index (χ4n) is 1.20. The van der Waals surface area contributed by atoms with Gasteiger partial charge in [0.1, 0.15) is 5.75 Å². The van der Waals surface area contributed by atoms with Gasteiger partial charge in [0.15, 0.2) is 6.10 Å². The van der Waals surface area contributed by atoms with Crippen LogP contribution in [0.25, 0.3) is 0 Å². The zero-order valence-corrected chi connectivity index (χ0v) is 8.30. The van der Waals surface area contributed by atoms with Crippen molar-refractivity contribution in [3.8, 4) is 5.75 Å². The van der Waals surface area contributed by atoms with Crippen LogP contribution in [-0.2, 0) is 0 Å². The van der Waals surface area contributed by atoms with Gasteiger partial charge in [0.2, 0.25) is 0 Å². The Kier molecular flexibility index (Phi) is 3.24. The van der Waals surface area contributed by atoms with E-state index in [9.17, 15) is 13.2 Å². The summed E-state index contributed by atoms with van der Waals surface area (Å²) >= 11 is 0. The minimum absolute atomic E-state index is 0.218. The zero-order valence-electron chi connectivity index (χ0n) is 8.30. The maximum Gasteiger partial charge on any atom is 0.418 e. The number of alkyl halides is 3. The first kappa shape index (κ1) is 11.8. The van der Waals surface area contributed by atoms with E-state index in [1.54, 1.807) is 6.92 Å². The van der Waals surface area contributed by atoms with Crippen molar-refractivity contribution in [3.63, 3.8) is 0 Å². The van der Waals surface area contributed by atoms with Crippen molar-refractivity contribution < 1.29 is 23.0 Å². The Balaban J connectivity index is 3.06. The SMILES string of the molecule is COc1cc(C(O)C(F)(F)F)ccc1C. The van der Waals surface area contributed by atoms with Gasteiger partial charge in [-0.15, -0.1) is 0 Å². The Labute approximate surface area is 85.3 Å². The molecule has 0 saturated heterocycles. The molecule has 0 aliphatic carbocycles. The summed E-state index contributed by atoms with van der Waals surface area (Å²) in [4.78, 5) is 0. The van der Waals surface area contributed by atoms with Gasteiger partial charge in [0.25, 0.3) is 0 Å². The first-order valence-corrected chi connectivity index (χ1v) is 4.25. The number of hydrogen-bond acceptors (Lipinski definition) is 2. The lowest BCUT2D eigenvalue weighted by Crippen LogP contribution is -2.20. The van der Waals surface area contributed by atoms with E-state index >= 15 is 0 Å². The molecule has 1 unspecified atom stereocenters. The number of aryl methyl sites for hydroxylation is 1. The molecular formula is C10H11F3O2. The van der Waals surface area contributed by atoms with Crippen LogP contribution in [0.3, 0.4) is 0 Å². The smallest absolute Gasteiger partial charge is 0.418 e. The van der Waals surface area contributed by atoms with Gasteiger partial charge >= 0.3 is 6.18 Å². The number of halogens is 3. The van der Waals surface area contributed by atoms with Crippen LogP contribution in [0.1, 0.15) is 17.2 Å². The molecule has 1 atom stereocenters. The predicted molar refractivity (Wildman–Crippen MR) is 48.7 cm³/mol. The monoisotopic (exact) mass is 220 g/mol. The summed E-state index contributed by atoms with van der Waals surface area (Å²) in [5, 5.41) is 8.99. The number of methoxy groups -OCH3 is 1. The molecule has 15 heavy (non-hydrogen) atoms. The first-order chi connectivity index (χ1) is 6.86. The van der Waals surface area contributed by atoms with Crippen LogP contribution in [0.5, 0.6) is 5.75 Å². The van der Waals surface area contributed by atoms with Crippen molar-refractivity contribution in [1.29, 1.82) is 0 Å². The standard InChI is InChI=1S/C10H11F3O2/c1-6-3-4-7(5-8(6)15-2)9(14)10(11,12)13/h3-5,9,14H,1-2H3. The molecule has 0 aliphatic rings. The summed E-state index contributed by atoms with van der Waals surface area (Å²) in [6, 6.07) is 3.90. The van der Waals surface area contributed by atoms with Crippen molar-refractivity contribution in [2.24, 2.45) is 0 Å². The largest absolute Gasteiger partial charge is 0.496 e. The highest BCUT2D eigenvalue weighted by atomic mass is 19.4. The summed E-state index contributed by atoms with van der Waals surface area (Å²) in [6.07, 6.45) is -7.12. The highest BCUT2D eigenvalue weighted by Crippen LogP contribution is 2.34. The second-order valence-corrected chi connectivity index (χ2v) is 3.17. The van der Waals surface area contributed by atoms with E-state index in [1.165, 1.54) is 25.3 Å². The molecule has 0 amide bonds. The molecular weight excluding hydrogens is 209 g/mol. The number of aliphatic hydroxyl groups is 1. The average molecular weight is 220 g/mol. The second kappa shape index (κ2) is 4.10. The van der Waals surface area contributed by atoms with Gasteiger partial charge in [0, 0.05) is 0 Å². The van der Waals surface area contributed by atoms with Crippen molar-refractivity contribution in [1.82, 2.24) is 0 Å². The Morgan fingerprint density at radius 1 is 1.33 bits per heavy atom. The second-order valence-electron chi connectivity index (χ2n) is 3.17. The fraction of sp³-hybridized carbons (Fsp3) is 0.400. The Hall–Kier alpha value is -1.23. The van der Waals surface area contributed by atoms with Gasteiger partial charge in [-0.3, -0.25) is 0 Å². The van der Waals surface area contributed by atoms with Crippen LogP contribution in [0.2, 0.25) is 0 Å². The van der Waals surface area contributed by atoms with Gasteiger partial charge in [-0.25, -0.2) is 0 Å². The maximum atomic E-state index is 12.2. The van der Waals surface area contributed by atoms with Crippen LogP contribution in [-0.4, -0.2) is 18.4 Å². The van der Waals surface area contributed by atoms with E-state index in [4.69, 9.17) is 9.84 Å². The molecule has 1 aromatic carbocycles. The summed E-state index contributed by atoms with van der Waals surface area (Å²) < 4.78 is 41.4. The van der Waals surface area contributed by atoms with Gasteiger partial charge in [-0.2, -0.15) is 13.2 Å². The van der Waals surface area contributed by atoms with Crippen LogP contribution in [0, 0.1) is 6.92 Å². The molecule has 0 aromatic heterocycles. The molecule has 0 radical (unpaired) electrons. The lowest BCUT2D eigenvalue weighted by Gasteiger charge is -2.16. The molecule has 0 fully saturated rings. The van der Waals surface area contributed by atoms with Crippen LogP contribution in [0.15, 0.2) is 18.2 Å². The number of hydrogen-bond donors (Lipinski definition) is 1. The molecule has 5 heteroatoms. The van der Waals surface area contributed by atoms with E-state index in [0.717, 1.165) is 5.56 Å². The third kappa shape index (κ3) is 2.62. The summed E-state index contributed by atoms with van der Waals surface area (Å²) in [5.74, 6) is 0.329. The third-order valence-corrected chi connectivity index (χ3v) is 2.06. The normalized spacial score (nSPS) is 13.7. The zero-order chi connectivity index (χ0) is 11.6. The van der Waals surface area contributed by atoms with E-state index in [2.05, 4.69) is 0 Å². The summed E-state index contributed by atoms with van der Waals surface area (Å²) in [6.45, 7) is 1.71. The van der Waals surface area contributed by atoms with Crippen molar-refractivity contribution in [2.75, 3.05) is 7.11 Å². The summed E-state index contributed by atoms with van der Waals surface area (Å²) in [7, 11) is 1.37. The van der Waals surface area contributed by atoms with Gasteiger partial charge in [-0.1, -0.05) is 12.1 Å². The highest BCUT2D eigenvalue weighted by molar-refractivity contribution is 5.37. The molecule has 1 N–H and O–H groups in total. The van der Waals surface area contributed by atoms with Crippen molar-refractivity contribution >= 4 is 0 Å². The number of ether oxygens (including phenoxy) is 1. The van der Waals surface area contributed by atoms with Crippen molar-refractivity contribution in [3.05, 3.63) is 29.3 Å². The Bertz CT molecular complexity index is 347.